The average molecular weight is 237 g/mol. The minimum Gasteiger partial charge on any atom is -0.372 e. The fraction of sp³-hybridized carbons (Fsp3) is 0.571. The van der Waals surface area contributed by atoms with E-state index in [0.717, 1.165) is 12.1 Å². The molecule has 17 heavy (non-hydrogen) atoms. The molecule has 1 N–H and O–H groups in total. The van der Waals surface area contributed by atoms with E-state index in [0.29, 0.717) is 24.1 Å². The summed E-state index contributed by atoms with van der Waals surface area (Å²) in [5.74, 6) is 0.326. The van der Waals surface area contributed by atoms with E-state index >= 15 is 0 Å². The molecule has 2 nitrogen and oxygen atoms in total. The molecule has 0 aromatic heterocycles. The fourth-order valence-corrected chi connectivity index (χ4v) is 1.99. The Labute approximate surface area is 102 Å². The summed E-state index contributed by atoms with van der Waals surface area (Å²) in [5, 5.41) is 3.43. The van der Waals surface area contributed by atoms with Crippen molar-refractivity contribution in [3.05, 3.63) is 35.1 Å². The third kappa shape index (κ3) is 2.85. The third-order valence-electron chi connectivity index (χ3n) is 3.61. The first-order valence-corrected chi connectivity index (χ1v) is 6.19. The van der Waals surface area contributed by atoms with Crippen molar-refractivity contribution in [1.29, 1.82) is 0 Å². The van der Waals surface area contributed by atoms with Gasteiger partial charge in [0.2, 0.25) is 0 Å². The van der Waals surface area contributed by atoms with Gasteiger partial charge in [0.05, 0.1) is 12.7 Å². The molecule has 3 heteroatoms. The van der Waals surface area contributed by atoms with Crippen LogP contribution in [0.1, 0.15) is 31.1 Å². The van der Waals surface area contributed by atoms with Crippen LogP contribution in [-0.4, -0.2) is 19.2 Å². The van der Waals surface area contributed by atoms with E-state index in [4.69, 9.17) is 4.74 Å². The Kier molecular flexibility index (Phi) is 3.79. The van der Waals surface area contributed by atoms with Gasteiger partial charge in [-0.2, -0.15) is 0 Å². The van der Waals surface area contributed by atoms with Crippen LogP contribution < -0.4 is 5.32 Å². The highest BCUT2D eigenvalue weighted by molar-refractivity contribution is 5.25. The maximum Gasteiger partial charge on any atom is 0.126 e. The highest BCUT2D eigenvalue weighted by Crippen LogP contribution is 2.23. The lowest BCUT2D eigenvalue weighted by molar-refractivity contribution is 0.0494. The van der Waals surface area contributed by atoms with Gasteiger partial charge in [-0.05, 0) is 37.0 Å². The Morgan fingerprint density at radius 2 is 2.12 bits per heavy atom. The summed E-state index contributed by atoms with van der Waals surface area (Å²) in [6.07, 6.45) is -0.0440. The normalized spacial score (nSPS) is 30.0. The number of rotatable bonds is 1. The summed E-state index contributed by atoms with van der Waals surface area (Å²) in [5.41, 5.74) is 1.60. The second kappa shape index (κ2) is 5.15. The predicted octanol–water partition coefficient (Wildman–Crippen LogP) is 2.82. The average Bonchev–Trinajstić information content (AvgIpc) is 2.47. The Bertz CT molecular complexity index is 382. The van der Waals surface area contributed by atoms with Gasteiger partial charge in [0.15, 0.2) is 0 Å². The summed E-state index contributed by atoms with van der Waals surface area (Å²) >= 11 is 0. The molecule has 1 saturated heterocycles. The summed E-state index contributed by atoms with van der Waals surface area (Å²) in [6, 6.07) is 5.79. The molecule has 1 aliphatic heterocycles. The van der Waals surface area contributed by atoms with Gasteiger partial charge < -0.3 is 10.1 Å². The van der Waals surface area contributed by atoms with Crippen molar-refractivity contribution in [1.82, 2.24) is 5.32 Å². The van der Waals surface area contributed by atoms with E-state index < -0.39 is 0 Å². The van der Waals surface area contributed by atoms with Crippen LogP contribution in [0.3, 0.4) is 0 Å². The molecule has 3 atom stereocenters. The standard InChI is InChI=1S/C14H20FNO/c1-9-4-5-12(6-13(9)15)14-7-16-11(3)10(2)8-17-14/h4-6,10-11,14,16H,7-8H2,1-3H3. The highest BCUT2D eigenvalue weighted by Gasteiger charge is 2.22. The van der Waals surface area contributed by atoms with Crippen LogP contribution in [-0.2, 0) is 4.74 Å². The van der Waals surface area contributed by atoms with Crippen LogP contribution in [0.15, 0.2) is 18.2 Å². The van der Waals surface area contributed by atoms with E-state index in [1.165, 1.54) is 0 Å². The van der Waals surface area contributed by atoms with Gasteiger partial charge in [-0.1, -0.05) is 19.1 Å². The van der Waals surface area contributed by atoms with Crippen molar-refractivity contribution in [2.75, 3.05) is 13.2 Å². The van der Waals surface area contributed by atoms with Crippen LogP contribution in [0, 0.1) is 18.7 Å². The summed E-state index contributed by atoms with van der Waals surface area (Å²) in [7, 11) is 0. The maximum absolute atomic E-state index is 13.5. The van der Waals surface area contributed by atoms with Gasteiger partial charge in [-0.25, -0.2) is 4.39 Å². The molecular formula is C14H20FNO. The third-order valence-corrected chi connectivity index (χ3v) is 3.61. The number of benzene rings is 1. The molecule has 3 unspecified atom stereocenters. The van der Waals surface area contributed by atoms with Gasteiger partial charge in [-0.3, -0.25) is 0 Å². The molecule has 0 spiro atoms. The van der Waals surface area contributed by atoms with Crippen molar-refractivity contribution < 1.29 is 9.13 Å². The van der Waals surface area contributed by atoms with E-state index in [-0.39, 0.29) is 11.9 Å². The number of nitrogens with one attached hydrogen (secondary N) is 1. The van der Waals surface area contributed by atoms with Gasteiger partial charge in [0.1, 0.15) is 5.82 Å². The Balaban J connectivity index is 2.14. The lowest BCUT2D eigenvalue weighted by Crippen LogP contribution is -2.32. The van der Waals surface area contributed by atoms with Crippen molar-refractivity contribution in [3.63, 3.8) is 0 Å². The molecule has 0 bridgehead atoms. The Morgan fingerprint density at radius 1 is 1.35 bits per heavy atom. The number of hydrogen-bond donors (Lipinski definition) is 1. The predicted molar refractivity (Wildman–Crippen MR) is 66.5 cm³/mol. The highest BCUT2D eigenvalue weighted by atomic mass is 19.1. The van der Waals surface area contributed by atoms with Crippen LogP contribution >= 0.6 is 0 Å². The molecule has 1 fully saturated rings. The van der Waals surface area contributed by atoms with E-state index in [1.807, 2.05) is 12.1 Å². The van der Waals surface area contributed by atoms with Crippen molar-refractivity contribution >= 4 is 0 Å². The summed E-state index contributed by atoms with van der Waals surface area (Å²) < 4.78 is 19.4. The lowest BCUT2D eigenvalue weighted by atomic mass is 10.1. The Morgan fingerprint density at radius 3 is 2.82 bits per heavy atom. The number of hydrogen-bond acceptors (Lipinski definition) is 2. The summed E-state index contributed by atoms with van der Waals surface area (Å²) in [6.45, 7) is 7.56. The Hall–Kier alpha value is -0.930. The molecule has 2 rings (SSSR count). The molecule has 1 heterocycles. The number of aryl methyl sites for hydroxylation is 1. The van der Waals surface area contributed by atoms with E-state index in [1.54, 1.807) is 13.0 Å². The number of ether oxygens (including phenoxy) is 1. The number of halogens is 1. The van der Waals surface area contributed by atoms with Crippen LogP contribution in [0.2, 0.25) is 0 Å². The SMILES string of the molecule is Cc1ccc(C2CNC(C)C(C)CO2)cc1F. The lowest BCUT2D eigenvalue weighted by Gasteiger charge is -2.16. The molecule has 1 aliphatic rings. The van der Waals surface area contributed by atoms with Crippen LogP contribution in [0.25, 0.3) is 0 Å². The topological polar surface area (TPSA) is 21.3 Å². The smallest absolute Gasteiger partial charge is 0.126 e. The molecule has 1 aromatic rings. The van der Waals surface area contributed by atoms with Gasteiger partial charge in [0.25, 0.3) is 0 Å². The molecule has 0 saturated carbocycles. The zero-order valence-electron chi connectivity index (χ0n) is 10.7. The monoisotopic (exact) mass is 237 g/mol. The summed E-state index contributed by atoms with van der Waals surface area (Å²) in [4.78, 5) is 0. The molecule has 0 amide bonds. The quantitative estimate of drug-likeness (QED) is 0.811. The molecule has 0 radical (unpaired) electrons. The van der Waals surface area contributed by atoms with Crippen LogP contribution in [0.5, 0.6) is 0 Å². The van der Waals surface area contributed by atoms with Gasteiger partial charge >= 0.3 is 0 Å². The zero-order valence-corrected chi connectivity index (χ0v) is 10.7. The van der Waals surface area contributed by atoms with Crippen molar-refractivity contribution in [2.45, 2.75) is 32.9 Å². The second-order valence-electron chi connectivity index (χ2n) is 5.00. The van der Waals surface area contributed by atoms with E-state index in [2.05, 4.69) is 19.2 Å². The zero-order chi connectivity index (χ0) is 12.4. The van der Waals surface area contributed by atoms with Gasteiger partial charge in [-0.15, -0.1) is 0 Å². The van der Waals surface area contributed by atoms with E-state index in [9.17, 15) is 4.39 Å². The van der Waals surface area contributed by atoms with Crippen LogP contribution in [0.4, 0.5) is 4.39 Å². The first-order chi connectivity index (χ1) is 8.08. The minimum atomic E-state index is -0.156. The molecule has 1 aromatic carbocycles. The van der Waals surface area contributed by atoms with Crippen molar-refractivity contribution in [2.24, 2.45) is 5.92 Å². The maximum atomic E-state index is 13.5. The first-order valence-electron chi connectivity index (χ1n) is 6.19. The van der Waals surface area contributed by atoms with Crippen molar-refractivity contribution in [3.8, 4) is 0 Å². The van der Waals surface area contributed by atoms with Gasteiger partial charge in [0, 0.05) is 12.6 Å². The molecule has 94 valence electrons. The first kappa shape index (κ1) is 12.5. The fourth-order valence-electron chi connectivity index (χ4n) is 1.99. The minimum absolute atomic E-state index is 0.0440. The molecular weight excluding hydrogens is 217 g/mol. The molecule has 0 aliphatic carbocycles. The second-order valence-corrected chi connectivity index (χ2v) is 5.00. The largest absolute Gasteiger partial charge is 0.372 e.